The van der Waals surface area contributed by atoms with E-state index in [0.717, 1.165) is 25.8 Å². The number of para-hydroxylation sites is 2. The van der Waals surface area contributed by atoms with Gasteiger partial charge in [0.05, 0.1) is 0 Å². The van der Waals surface area contributed by atoms with E-state index in [-0.39, 0.29) is 36.0 Å². The molecule has 1 aliphatic carbocycles. The smallest absolute Gasteiger partial charge is 0.351 e. The Hall–Kier alpha value is -2.24. The predicted molar refractivity (Wildman–Crippen MR) is 98.6 cm³/mol. The van der Waals surface area contributed by atoms with E-state index < -0.39 is 12.1 Å². The molecule has 0 radical (unpaired) electrons. The molecule has 2 heterocycles. The molecule has 0 spiro atoms. The van der Waals surface area contributed by atoms with E-state index in [1.807, 2.05) is 17.0 Å². The van der Waals surface area contributed by atoms with Crippen LogP contribution in [0.25, 0.3) is 0 Å². The number of hydrogen-bond donors (Lipinski definition) is 0. The summed E-state index contributed by atoms with van der Waals surface area (Å²) in [6, 6.07) is 7.42. The minimum atomic E-state index is -0.845. The highest BCUT2D eigenvalue weighted by molar-refractivity contribution is 5.83. The minimum absolute atomic E-state index is 0.0859. The summed E-state index contributed by atoms with van der Waals surface area (Å²) in [5, 5.41) is 0. The fourth-order valence-corrected chi connectivity index (χ4v) is 5.20. The van der Waals surface area contributed by atoms with E-state index in [2.05, 4.69) is 20.8 Å². The van der Waals surface area contributed by atoms with Gasteiger partial charge in [-0.25, -0.2) is 4.79 Å². The second-order valence-corrected chi connectivity index (χ2v) is 9.21. The van der Waals surface area contributed by atoms with Gasteiger partial charge >= 0.3 is 5.97 Å². The number of rotatable bonds is 3. The first-order valence-corrected chi connectivity index (χ1v) is 9.59. The minimum Gasteiger partial charge on any atom is -0.485 e. The standard InChI is InChI=1S/C21H27NO5/c1-20(2)8-14-9-21(3,12-20)13-22(14)18(23)11-26-19(24)17-10-25-15-6-4-5-7-16(15)27-17/h4-7,14,17H,8-13H2,1-3H3/t14-,17-,21-/m0/s1. The maximum Gasteiger partial charge on any atom is 0.351 e. The van der Waals surface area contributed by atoms with Crippen LogP contribution in [-0.2, 0) is 14.3 Å². The van der Waals surface area contributed by atoms with Crippen molar-refractivity contribution in [1.82, 2.24) is 4.90 Å². The first kappa shape index (κ1) is 18.1. The van der Waals surface area contributed by atoms with Crippen LogP contribution in [0.1, 0.15) is 40.0 Å². The fourth-order valence-electron chi connectivity index (χ4n) is 5.20. The van der Waals surface area contributed by atoms with Crippen LogP contribution in [0.4, 0.5) is 0 Å². The summed E-state index contributed by atoms with van der Waals surface area (Å²) < 4.78 is 16.4. The van der Waals surface area contributed by atoms with Crippen LogP contribution < -0.4 is 9.47 Å². The van der Waals surface area contributed by atoms with Crippen LogP contribution in [0.5, 0.6) is 11.5 Å². The molecule has 0 unspecified atom stereocenters. The predicted octanol–water partition coefficient (Wildman–Crippen LogP) is 2.80. The van der Waals surface area contributed by atoms with Crippen molar-refractivity contribution in [3.05, 3.63) is 24.3 Å². The van der Waals surface area contributed by atoms with Gasteiger partial charge in [-0.1, -0.05) is 32.9 Å². The van der Waals surface area contributed by atoms with E-state index in [0.29, 0.717) is 11.5 Å². The molecule has 1 saturated heterocycles. The number of ether oxygens (including phenoxy) is 3. The number of esters is 1. The van der Waals surface area contributed by atoms with Gasteiger partial charge in [0.15, 0.2) is 18.1 Å². The molecule has 1 aromatic rings. The first-order valence-electron chi connectivity index (χ1n) is 9.59. The molecule has 2 bridgehead atoms. The molecular formula is C21H27NO5. The van der Waals surface area contributed by atoms with Crippen LogP contribution in [0.2, 0.25) is 0 Å². The monoisotopic (exact) mass is 373 g/mol. The maximum atomic E-state index is 12.7. The van der Waals surface area contributed by atoms with E-state index in [9.17, 15) is 9.59 Å². The van der Waals surface area contributed by atoms with E-state index >= 15 is 0 Å². The first-order chi connectivity index (χ1) is 12.7. The molecule has 6 heteroatoms. The number of hydrogen-bond acceptors (Lipinski definition) is 5. The molecule has 4 rings (SSSR count). The highest BCUT2D eigenvalue weighted by Crippen LogP contribution is 2.52. The van der Waals surface area contributed by atoms with Gasteiger partial charge in [0, 0.05) is 12.6 Å². The summed E-state index contributed by atoms with van der Waals surface area (Å²) >= 11 is 0. The van der Waals surface area contributed by atoms with Crippen molar-refractivity contribution < 1.29 is 23.8 Å². The van der Waals surface area contributed by atoms with Crippen LogP contribution in [0, 0.1) is 10.8 Å². The molecule has 1 aromatic carbocycles. The van der Waals surface area contributed by atoms with Crippen LogP contribution in [-0.4, -0.2) is 48.7 Å². The lowest BCUT2D eigenvalue weighted by molar-refractivity contribution is -0.160. The molecule has 1 saturated carbocycles. The van der Waals surface area contributed by atoms with Gasteiger partial charge < -0.3 is 19.1 Å². The highest BCUT2D eigenvalue weighted by atomic mass is 16.6. The number of amides is 1. The Labute approximate surface area is 159 Å². The quantitative estimate of drug-likeness (QED) is 0.763. The molecule has 0 N–H and O–H groups in total. The van der Waals surface area contributed by atoms with Gasteiger partial charge in [-0.05, 0) is 42.2 Å². The molecule has 0 aromatic heterocycles. The van der Waals surface area contributed by atoms with Gasteiger partial charge in [-0.2, -0.15) is 0 Å². The molecule has 3 atom stereocenters. The van der Waals surface area contributed by atoms with E-state index in [4.69, 9.17) is 14.2 Å². The summed E-state index contributed by atoms with van der Waals surface area (Å²) in [6.45, 7) is 7.38. The lowest BCUT2D eigenvalue weighted by Gasteiger charge is -2.39. The van der Waals surface area contributed by atoms with Crippen molar-refractivity contribution in [3.8, 4) is 11.5 Å². The molecule has 2 fully saturated rings. The van der Waals surface area contributed by atoms with Crippen molar-refractivity contribution >= 4 is 11.9 Å². The Bertz CT molecular complexity index is 761. The second kappa shape index (κ2) is 6.43. The van der Waals surface area contributed by atoms with Crippen molar-refractivity contribution in [2.75, 3.05) is 19.8 Å². The zero-order valence-electron chi connectivity index (χ0n) is 16.2. The second-order valence-electron chi connectivity index (χ2n) is 9.21. The molecule has 1 amide bonds. The molecule has 2 aliphatic heterocycles. The van der Waals surface area contributed by atoms with E-state index in [1.54, 1.807) is 12.1 Å². The number of carbonyl (C=O) groups excluding carboxylic acids is 2. The number of carbonyl (C=O) groups is 2. The lowest BCUT2D eigenvalue weighted by Crippen LogP contribution is -2.42. The van der Waals surface area contributed by atoms with Gasteiger partial charge in [0.1, 0.15) is 6.61 Å². The largest absolute Gasteiger partial charge is 0.485 e. The van der Waals surface area contributed by atoms with Crippen LogP contribution >= 0.6 is 0 Å². The average molecular weight is 373 g/mol. The third kappa shape index (κ3) is 3.62. The van der Waals surface area contributed by atoms with Gasteiger partial charge in [0.2, 0.25) is 6.10 Å². The summed E-state index contributed by atoms with van der Waals surface area (Å²) in [4.78, 5) is 26.9. The number of nitrogens with zero attached hydrogens (tertiary/aromatic N) is 1. The van der Waals surface area contributed by atoms with Crippen molar-refractivity contribution in [2.24, 2.45) is 10.8 Å². The Morgan fingerprint density at radius 3 is 2.70 bits per heavy atom. The fraction of sp³-hybridized carbons (Fsp3) is 0.619. The average Bonchev–Trinajstić information content (AvgIpc) is 2.87. The third-order valence-electron chi connectivity index (χ3n) is 5.84. The summed E-state index contributed by atoms with van der Waals surface area (Å²) in [6.07, 6.45) is 2.31. The summed E-state index contributed by atoms with van der Waals surface area (Å²) in [5.41, 5.74) is 0.403. The molecule has 146 valence electrons. The zero-order valence-corrected chi connectivity index (χ0v) is 16.2. The normalized spacial score (nSPS) is 30.7. The topological polar surface area (TPSA) is 65.1 Å². The Morgan fingerprint density at radius 1 is 1.19 bits per heavy atom. The zero-order chi connectivity index (χ0) is 19.2. The molecule has 3 aliphatic rings. The van der Waals surface area contributed by atoms with Gasteiger partial charge in [-0.3, -0.25) is 4.79 Å². The maximum absolute atomic E-state index is 12.7. The Morgan fingerprint density at radius 2 is 1.93 bits per heavy atom. The van der Waals surface area contributed by atoms with E-state index in [1.165, 1.54) is 0 Å². The molecule has 6 nitrogen and oxygen atoms in total. The van der Waals surface area contributed by atoms with Crippen molar-refractivity contribution in [2.45, 2.75) is 52.2 Å². The summed E-state index contributed by atoms with van der Waals surface area (Å²) in [7, 11) is 0. The Balaban J connectivity index is 1.33. The van der Waals surface area contributed by atoms with Gasteiger partial charge in [0.25, 0.3) is 5.91 Å². The summed E-state index contributed by atoms with van der Waals surface area (Å²) in [5.74, 6) is 0.441. The van der Waals surface area contributed by atoms with Crippen molar-refractivity contribution in [3.63, 3.8) is 0 Å². The van der Waals surface area contributed by atoms with Crippen LogP contribution in [0.15, 0.2) is 24.3 Å². The number of fused-ring (bicyclic) bond motifs is 3. The number of likely N-dealkylation sites (tertiary alicyclic amines) is 1. The highest BCUT2D eigenvalue weighted by Gasteiger charge is 2.51. The Kier molecular flexibility index (Phi) is 4.32. The van der Waals surface area contributed by atoms with Crippen LogP contribution in [0.3, 0.4) is 0 Å². The number of benzene rings is 1. The molecule has 27 heavy (non-hydrogen) atoms. The van der Waals surface area contributed by atoms with Gasteiger partial charge in [-0.15, -0.1) is 0 Å². The lowest BCUT2D eigenvalue weighted by atomic mass is 9.65. The SMILES string of the molecule is CC1(C)C[C@H]2C[C@](C)(CN2C(=O)COC(=O)[C@@H]2COc3ccccc3O2)C1. The van der Waals surface area contributed by atoms with Crippen molar-refractivity contribution in [1.29, 1.82) is 0 Å². The third-order valence-corrected chi connectivity index (χ3v) is 5.84. The molecular weight excluding hydrogens is 346 g/mol.